The van der Waals surface area contributed by atoms with E-state index in [2.05, 4.69) is 17.3 Å². The Morgan fingerprint density at radius 3 is 2.26 bits per heavy atom. The van der Waals surface area contributed by atoms with Gasteiger partial charge in [0.05, 0.1) is 0 Å². The number of nitrogens with zero attached hydrogens (tertiary/aromatic N) is 2. The first-order chi connectivity index (χ1) is 9.00. The number of hydrogen-bond donors (Lipinski definition) is 0. The first-order valence-electron chi connectivity index (χ1n) is 6.58. The van der Waals surface area contributed by atoms with Gasteiger partial charge in [0.2, 0.25) is 10.0 Å². The Morgan fingerprint density at radius 1 is 1.21 bits per heavy atom. The maximum absolute atomic E-state index is 12.7. The zero-order valence-electron chi connectivity index (χ0n) is 11.2. The Labute approximate surface area is 113 Å². The number of hydrogen-bond acceptors (Lipinski definition) is 4. The molecule has 5 nitrogen and oxygen atoms in total. The number of aromatic nitrogens is 1. The maximum atomic E-state index is 12.7. The molecule has 19 heavy (non-hydrogen) atoms. The van der Waals surface area contributed by atoms with Crippen molar-refractivity contribution in [2.75, 3.05) is 13.1 Å². The average molecular weight is 282 g/mol. The lowest BCUT2D eigenvalue weighted by atomic mass is 9.86. The Kier molecular flexibility index (Phi) is 3.02. The van der Waals surface area contributed by atoms with Gasteiger partial charge in [0.1, 0.15) is 10.6 Å². The highest BCUT2D eigenvalue weighted by Gasteiger charge is 2.41. The smallest absolute Gasteiger partial charge is 0.248 e. The van der Waals surface area contributed by atoms with E-state index >= 15 is 0 Å². The minimum atomic E-state index is -3.47. The van der Waals surface area contributed by atoms with Crippen LogP contribution in [0.5, 0.6) is 0 Å². The van der Waals surface area contributed by atoms with Gasteiger partial charge in [-0.05, 0) is 38.5 Å². The molecule has 0 N–H and O–H groups in total. The molecule has 0 aromatic carbocycles. The zero-order chi connectivity index (χ0) is 13.6. The molecule has 1 aromatic heterocycles. The first-order valence-corrected chi connectivity index (χ1v) is 8.02. The summed E-state index contributed by atoms with van der Waals surface area (Å²) in [6.07, 6.45) is 6.29. The van der Waals surface area contributed by atoms with E-state index in [0.717, 1.165) is 12.8 Å². The van der Waals surface area contributed by atoms with Crippen LogP contribution in [0.3, 0.4) is 0 Å². The summed E-state index contributed by atoms with van der Waals surface area (Å²) in [6.45, 7) is 4.55. The van der Waals surface area contributed by atoms with Crippen molar-refractivity contribution in [3.8, 4) is 0 Å². The molecule has 1 saturated heterocycles. The van der Waals surface area contributed by atoms with Crippen LogP contribution in [0.25, 0.3) is 0 Å². The van der Waals surface area contributed by atoms with Crippen molar-refractivity contribution in [3.05, 3.63) is 23.6 Å². The van der Waals surface area contributed by atoms with Gasteiger partial charge in [0, 0.05) is 13.1 Å². The Morgan fingerprint density at radius 2 is 1.79 bits per heavy atom. The SMILES string of the molecule is Cc1noc(C)c1S(=O)(=O)N1CC2CC=CCC2C1. The molecule has 0 saturated carbocycles. The van der Waals surface area contributed by atoms with Gasteiger partial charge in [-0.1, -0.05) is 17.3 Å². The van der Waals surface area contributed by atoms with Crippen LogP contribution in [0.4, 0.5) is 0 Å². The zero-order valence-corrected chi connectivity index (χ0v) is 12.0. The predicted octanol–water partition coefficient (Wildman–Crippen LogP) is 1.88. The third-order valence-corrected chi connectivity index (χ3v) is 6.23. The molecule has 0 amide bonds. The molecule has 2 unspecified atom stereocenters. The van der Waals surface area contributed by atoms with Crippen LogP contribution in [0, 0.1) is 25.7 Å². The van der Waals surface area contributed by atoms with Crippen LogP contribution in [0.2, 0.25) is 0 Å². The summed E-state index contributed by atoms with van der Waals surface area (Å²) in [6, 6.07) is 0. The van der Waals surface area contributed by atoms with Crippen molar-refractivity contribution in [1.29, 1.82) is 0 Å². The summed E-state index contributed by atoms with van der Waals surface area (Å²) in [4.78, 5) is 0.249. The van der Waals surface area contributed by atoms with Gasteiger partial charge in [-0.25, -0.2) is 8.42 Å². The Balaban J connectivity index is 1.91. The van der Waals surface area contributed by atoms with Crippen LogP contribution in [0.15, 0.2) is 21.6 Å². The largest absolute Gasteiger partial charge is 0.360 e. The molecular weight excluding hydrogens is 264 g/mol. The average Bonchev–Trinajstić information content (AvgIpc) is 2.93. The van der Waals surface area contributed by atoms with Crippen molar-refractivity contribution >= 4 is 10.0 Å². The Bertz CT molecular complexity index is 582. The molecule has 0 radical (unpaired) electrons. The van der Waals surface area contributed by atoms with E-state index in [4.69, 9.17) is 4.52 Å². The predicted molar refractivity (Wildman–Crippen MR) is 70.1 cm³/mol. The van der Waals surface area contributed by atoms with E-state index in [-0.39, 0.29) is 4.90 Å². The quantitative estimate of drug-likeness (QED) is 0.777. The van der Waals surface area contributed by atoms with Gasteiger partial charge in [-0.3, -0.25) is 0 Å². The van der Waals surface area contributed by atoms with Gasteiger partial charge in [0.15, 0.2) is 5.76 Å². The number of fused-ring (bicyclic) bond motifs is 1. The summed E-state index contributed by atoms with van der Waals surface area (Å²) in [7, 11) is -3.47. The normalized spacial score (nSPS) is 27.7. The maximum Gasteiger partial charge on any atom is 0.248 e. The van der Waals surface area contributed by atoms with Crippen LogP contribution in [0.1, 0.15) is 24.3 Å². The molecule has 2 heterocycles. The second-order valence-electron chi connectivity index (χ2n) is 5.44. The number of sulfonamides is 1. The van der Waals surface area contributed by atoms with Crippen molar-refractivity contribution in [2.24, 2.45) is 11.8 Å². The fourth-order valence-electron chi connectivity index (χ4n) is 3.14. The van der Waals surface area contributed by atoms with Gasteiger partial charge in [0.25, 0.3) is 0 Å². The molecule has 1 aliphatic heterocycles. The van der Waals surface area contributed by atoms with Crippen LogP contribution >= 0.6 is 0 Å². The topological polar surface area (TPSA) is 63.4 Å². The third-order valence-electron chi connectivity index (χ3n) is 4.15. The third kappa shape index (κ3) is 2.03. The van der Waals surface area contributed by atoms with Gasteiger partial charge in [-0.15, -0.1) is 0 Å². The van der Waals surface area contributed by atoms with E-state index in [9.17, 15) is 8.42 Å². The standard InChI is InChI=1S/C13H18N2O3S/c1-9-13(10(2)18-14-9)19(16,17)15-7-11-5-3-4-6-12(11)8-15/h3-4,11-12H,5-8H2,1-2H3. The number of aryl methyl sites for hydroxylation is 2. The molecule has 0 bridgehead atoms. The van der Waals surface area contributed by atoms with E-state index in [1.807, 2.05) is 0 Å². The molecule has 1 aliphatic carbocycles. The van der Waals surface area contributed by atoms with Crippen molar-refractivity contribution in [3.63, 3.8) is 0 Å². The summed E-state index contributed by atoms with van der Waals surface area (Å²) in [5.74, 6) is 1.30. The number of allylic oxidation sites excluding steroid dienone is 2. The summed E-state index contributed by atoms with van der Waals surface area (Å²) in [5.41, 5.74) is 0.450. The monoisotopic (exact) mass is 282 g/mol. The Hall–Kier alpha value is -1.14. The second-order valence-corrected chi connectivity index (χ2v) is 7.31. The van der Waals surface area contributed by atoms with Crippen molar-refractivity contribution < 1.29 is 12.9 Å². The van der Waals surface area contributed by atoms with Gasteiger partial charge in [-0.2, -0.15) is 4.31 Å². The summed E-state index contributed by atoms with van der Waals surface area (Å²) >= 11 is 0. The highest BCUT2D eigenvalue weighted by molar-refractivity contribution is 7.89. The molecule has 0 spiro atoms. The van der Waals surface area contributed by atoms with Crippen molar-refractivity contribution in [1.82, 2.24) is 9.46 Å². The van der Waals surface area contributed by atoms with Gasteiger partial charge >= 0.3 is 0 Å². The first kappa shape index (κ1) is 12.9. The fraction of sp³-hybridized carbons (Fsp3) is 0.615. The van der Waals surface area contributed by atoms with Crippen LogP contribution in [-0.4, -0.2) is 31.0 Å². The van der Waals surface area contributed by atoms with E-state index in [1.54, 1.807) is 18.2 Å². The van der Waals surface area contributed by atoms with E-state index < -0.39 is 10.0 Å². The summed E-state index contributed by atoms with van der Waals surface area (Å²) < 4.78 is 32.0. The molecule has 2 atom stereocenters. The summed E-state index contributed by atoms with van der Waals surface area (Å²) in [5, 5.41) is 3.75. The molecule has 1 fully saturated rings. The minimum Gasteiger partial charge on any atom is -0.360 e. The minimum absolute atomic E-state index is 0.249. The van der Waals surface area contributed by atoms with Crippen molar-refractivity contribution in [2.45, 2.75) is 31.6 Å². The lowest BCUT2D eigenvalue weighted by molar-refractivity contribution is 0.389. The molecule has 104 valence electrons. The lowest BCUT2D eigenvalue weighted by Crippen LogP contribution is -2.29. The second kappa shape index (κ2) is 4.45. The van der Waals surface area contributed by atoms with Crippen LogP contribution < -0.4 is 0 Å². The highest BCUT2D eigenvalue weighted by Crippen LogP contribution is 2.36. The fourth-order valence-corrected chi connectivity index (χ4v) is 4.98. The number of rotatable bonds is 2. The van der Waals surface area contributed by atoms with Crippen LogP contribution in [-0.2, 0) is 10.0 Å². The molecule has 6 heteroatoms. The lowest BCUT2D eigenvalue weighted by Gasteiger charge is -2.18. The van der Waals surface area contributed by atoms with E-state index in [1.165, 1.54) is 0 Å². The molecular formula is C13H18N2O3S. The molecule has 3 rings (SSSR count). The molecule has 2 aliphatic rings. The van der Waals surface area contributed by atoms with Gasteiger partial charge < -0.3 is 4.52 Å². The van der Waals surface area contributed by atoms with E-state index in [0.29, 0.717) is 36.4 Å². The molecule has 1 aromatic rings. The highest BCUT2D eigenvalue weighted by atomic mass is 32.2.